The molecule has 4 nitrogen and oxygen atoms in total. The largest absolute Gasteiger partial charge is 0.396 e. The molecule has 1 atom stereocenters. The molecule has 0 aliphatic heterocycles. The summed E-state index contributed by atoms with van der Waals surface area (Å²) in [6.07, 6.45) is 0.737. The summed E-state index contributed by atoms with van der Waals surface area (Å²) in [5, 5.41) is 16.3. The van der Waals surface area contributed by atoms with Gasteiger partial charge in [-0.1, -0.05) is 29.7 Å². The molecule has 4 heteroatoms. The molecule has 0 aromatic heterocycles. The first-order valence-corrected chi connectivity index (χ1v) is 3.96. The Morgan fingerprint density at radius 2 is 1.44 bits per heavy atom. The van der Waals surface area contributed by atoms with Gasteiger partial charge in [-0.05, 0) is 13.3 Å². The second-order valence-electron chi connectivity index (χ2n) is 2.30. The molecule has 0 aromatic carbocycles. The number of hydrogen-bond acceptors (Lipinski definition) is 4. The van der Waals surface area contributed by atoms with E-state index in [0.29, 0.717) is 6.61 Å². The zero-order chi connectivity index (χ0) is 9.82. The summed E-state index contributed by atoms with van der Waals surface area (Å²) in [5.74, 6) is 0. The maximum Gasteiger partial charge on any atom is 0.0773 e. The van der Waals surface area contributed by atoms with Crippen LogP contribution in [0.2, 0.25) is 0 Å². The second kappa shape index (κ2) is 36.4. The molecule has 0 aliphatic carbocycles. The summed E-state index contributed by atoms with van der Waals surface area (Å²) in [7, 11) is 3.19. The van der Waals surface area contributed by atoms with Gasteiger partial charge in [0.05, 0.1) is 12.7 Å². The molecular formula is C12H36O4. The molecule has 1 unspecified atom stereocenters. The number of hydrogen-bond donors (Lipinski definition) is 2. The Bertz CT molecular complexity index is 62.0. The lowest BCUT2D eigenvalue weighted by Gasteiger charge is -2.00. The number of methoxy groups -OCH3 is 2. The minimum Gasteiger partial charge on any atom is -0.396 e. The average Bonchev–Trinajstić information content (AvgIpc) is 2.14. The van der Waals surface area contributed by atoms with Gasteiger partial charge in [0.1, 0.15) is 0 Å². The standard InChI is InChI=1S/2C4H10O2.4CH4/c1-4(3-5)6-2;1-6-4-2-3-5;;;;/h4-5H,3H2,1-2H3;5H,2-4H2,1H3;4*1H4. The molecule has 0 bridgehead atoms. The minimum atomic E-state index is -0.00926. The highest BCUT2D eigenvalue weighted by atomic mass is 16.5. The lowest BCUT2D eigenvalue weighted by atomic mass is 10.4. The SMILES string of the molecule is C.C.C.C.COC(C)CO.COCCCO. The van der Waals surface area contributed by atoms with Gasteiger partial charge in [-0.3, -0.25) is 0 Å². The molecule has 0 rings (SSSR count). The monoisotopic (exact) mass is 244 g/mol. The number of ether oxygens (including phenoxy) is 2. The van der Waals surface area contributed by atoms with Crippen molar-refractivity contribution in [2.24, 2.45) is 0 Å². The lowest BCUT2D eigenvalue weighted by molar-refractivity contribution is 0.0623. The Morgan fingerprint density at radius 3 is 1.50 bits per heavy atom. The van der Waals surface area contributed by atoms with Crippen LogP contribution in [-0.4, -0.2) is 50.4 Å². The quantitative estimate of drug-likeness (QED) is 0.730. The van der Waals surface area contributed by atoms with Gasteiger partial charge in [-0.15, -0.1) is 0 Å². The molecule has 0 fully saturated rings. The molecule has 0 radical (unpaired) electrons. The van der Waals surface area contributed by atoms with Gasteiger partial charge in [-0.2, -0.15) is 0 Å². The fraction of sp³-hybridized carbons (Fsp3) is 1.00. The van der Waals surface area contributed by atoms with E-state index in [-0.39, 0.29) is 49.0 Å². The van der Waals surface area contributed by atoms with E-state index in [0.717, 1.165) is 6.42 Å². The molecule has 0 aliphatic rings. The Balaban J connectivity index is -0.0000000250. The van der Waals surface area contributed by atoms with Gasteiger partial charge in [0, 0.05) is 27.4 Å². The molecule has 0 saturated carbocycles. The van der Waals surface area contributed by atoms with Crippen LogP contribution in [0.1, 0.15) is 43.1 Å². The van der Waals surface area contributed by atoms with E-state index < -0.39 is 0 Å². The van der Waals surface area contributed by atoms with Crippen molar-refractivity contribution < 1.29 is 19.7 Å². The Hall–Kier alpha value is -0.160. The van der Waals surface area contributed by atoms with Crippen LogP contribution in [-0.2, 0) is 9.47 Å². The van der Waals surface area contributed by atoms with E-state index in [4.69, 9.17) is 10.2 Å². The molecule has 0 amide bonds. The fourth-order valence-electron chi connectivity index (χ4n) is 0.283. The maximum atomic E-state index is 8.21. The van der Waals surface area contributed by atoms with Crippen molar-refractivity contribution in [3.05, 3.63) is 0 Å². The van der Waals surface area contributed by atoms with Crippen molar-refractivity contribution in [2.45, 2.75) is 49.2 Å². The lowest BCUT2D eigenvalue weighted by Crippen LogP contribution is -2.08. The maximum absolute atomic E-state index is 8.21. The first-order chi connectivity index (χ1) is 5.72. The van der Waals surface area contributed by atoms with E-state index >= 15 is 0 Å². The van der Waals surface area contributed by atoms with Gasteiger partial charge >= 0.3 is 0 Å². The summed E-state index contributed by atoms with van der Waals surface area (Å²) in [5.41, 5.74) is 0. The van der Waals surface area contributed by atoms with Crippen molar-refractivity contribution in [1.29, 1.82) is 0 Å². The summed E-state index contributed by atoms with van der Waals surface area (Å²) >= 11 is 0. The van der Waals surface area contributed by atoms with Crippen LogP contribution in [0.5, 0.6) is 0 Å². The van der Waals surface area contributed by atoms with Gasteiger partial charge in [0.15, 0.2) is 0 Å². The predicted octanol–water partition coefficient (Wildman–Crippen LogP) is 2.57. The van der Waals surface area contributed by atoms with Crippen molar-refractivity contribution in [2.75, 3.05) is 34.0 Å². The van der Waals surface area contributed by atoms with Crippen LogP contribution in [0.3, 0.4) is 0 Å². The Morgan fingerprint density at radius 1 is 1.00 bits per heavy atom. The molecule has 16 heavy (non-hydrogen) atoms. The van der Waals surface area contributed by atoms with E-state index in [9.17, 15) is 0 Å². The first-order valence-electron chi connectivity index (χ1n) is 3.96. The molecule has 0 spiro atoms. The zero-order valence-electron chi connectivity index (χ0n) is 8.12. The highest BCUT2D eigenvalue weighted by Crippen LogP contribution is 1.80. The van der Waals surface area contributed by atoms with Crippen LogP contribution in [0, 0.1) is 0 Å². The number of aliphatic hydroxyl groups excluding tert-OH is 2. The molecule has 0 heterocycles. The van der Waals surface area contributed by atoms with Gasteiger partial charge < -0.3 is 19.7 Å². The average molecular weight is 244 g/mol. The molecule has 108 valence electrons. The van der Waals surface area contributed by atoms with Crippen molar-refractivity contribution in [1.82, 2.24) is 0 Å². The normalized spacial score (nSPS) is 8.81. The summed E-state index contributed by atoms with van der Waals surface area (Å²) in [4.78, 5) is 0. The summed E-state index contributed by atoms with van der Waals surface area (Å²) in [6, 6.07) is 0. The molecule has 0 aromatic rings. The van der Waals surface area contributed by atoms with Gasteiger partial charge in [-0.25, -0.2) is 0 Å². The number of rotatable bonds is 5. The zero-order valence-corrected chi connectivity index (χ0v) is 8.12. The minimum absolute atomic E-state index is 0. The van der Waals surface area contributed by atoms with Crippen LogP contribution < -0.4 is 0 Å². The van der Waals surface area contributed by atoms with Gasteiger partial charge in [0.25, 0.3) is 0 Å². The fourth-order valence-corrected chi connectivity index (χ4v) is 0.283. The highest BCUT2D eigenvalue weighted by Gasteiger charge is 1.90. The van der Waals surface area contributed by atoms with E-state index in [1.54, 1.807) is 21.1 Å². The molecular weight excluding hydrogens is 208 g/mol. The van der Waals surface area contributed by atoms with Crippen LogP contribution in [0.4, 0.5) is 0 Å². The first kappa shape index (κ1) is 36.0. The summed E-state index contributed by atoms with van der Waals surface area (Å²) in [6.45, 7) is 2.81. The third-order valence-electron chi connectivity index (χ3n) is 1.17. The second-order valence-corrected chi connectivity index (χ2v) is 2.30. The Kier molecular flexibility index (Phi) is 81.9. The van der Waals surface area contributed by atoms with Gasteiger partial charge in [0.2, 0.25) is 0 Å². The topological polar surface area (TPSA) is 58.9 Å². The third-order valence-corrected chi connectivity index (χ3v) is 1.17. The highest BCUT2D eigenvalue weighted by molar-refractivity contribution is 4.38. The Labute approximate surface area is 104 Å². The van der Waals surface area contributed by atoms with Crippen LogP contribution in [0.15, 0.2) is 0 Å². The number of aliphatic hydroxyl groups is 2. The van der Waals surface area contributed by atoms with E-state index in [1.165, 1.54) is 0 Å². The smallest absolute Gasteiger partial charge is 0.0773 e. The van der Waals surface area contributed by atoms with Crippen LogP contribution in [0.25, 0.3) is 0 Å². The molecule has 0 saturated heterocycles. The van der Waals surface area contributed by atoms with Crippen molar-refractivity contribution >= 4 is 0 Å². The van der Waals surface area contributed by atoms with E-state index in [1.807, 2.05) is 0 Å². The van der Waals surface area contributed by atoms with E-state index in [2.05, 4.69) is 9.47 Å². The van der Waals surface area contributed by atoms with Crippen molar-refractivity contribution in [3.8, 4) is 0 Å². The summed E-state index contributed by atoms with van der Waals surface area (Å²) < 4.78 is 9.27. The predicted molar refractivity (Wildman–Crippen MR) is 74.1 cm³/mol. The third kappa shape index (κ3) is 48.8. The van der Waals surface area contributed by atoms with Crippen molar-refractivity contribution in [3.63, 3.8) is 0 Å². The van der Waals surface area contributed by atoms with Crippen LogP contribution >= 0.6 is 0 Å². The molecule has 2 N–H and O–H groups in total.